The van der Waals surface area contributed by atoms with Crippen LogP contribution in [0.5, 0.6) is 0 Å². The van der Waals surface area contributed by atoms with E-state index in [2.05, 4.69) is 10.4 Å². The van der Waals surface area contributed by atoms with E-state index in [4.69, 9.17) is 5.11 Å². The Morgan fingerprint density at radius 2 is 2.27 bits per heavy atom. The molecule has 1 heterocycles. The van der Waals surface area contributed by atoms with Crippen LogP contribution >= 0.6 is 0 Å². The molecule has 0 bridgehead atoms. The summed E-state index contributed by atoms with van der Waals surface area (Å²) in [5.41, 5.74) is 1.10. The summed E-state index contributed by atoms with van der Waals surface area (Å²) in [6.07, 6.45) is 1.85. The smallest absolute Gasteiger partial charge is 0.0683 e. The summed E-state index contributed by atoms with van der Waals surface area (Å²) >= 11 is 0. The number of para-hydroxylation sites is 1. The monoisotopic (exact) mass is 205 g/mol. The van der Waals surface area contributed by atoms with Crippen LogP contribution in [0.2, 0.25) is 0 Å². The fourth-order valence-electron chi connectivity index (χ4n) is 1.62. The average Bonchev–Trinajstić information content (AvgIpc) is 2.69. The van der Waals surface area contributed by atoms with E-state index in [1.165, 1.54) is 0 Å². The van der Waals surface area contributed by atoms with Gasteiger partial charge in [0.1, 0.15) is 0 Å². The second-order valence-electron chi connectivity index (χ2n) is 3.55. The zero-order valence-electron chi connectivity index (χ0n) is 8.72. The second-order valence-corrected chi connectivity index (χ2v) is 3.55. The van der Waals surface area contributed by atoms with Gasteiger partial charge in [-0.1, -0.05) is 18.2 Å². The molecule has 0 saturated heterocycles. The fraction of sp³-hybridized carbons (Fsp3) is 0.364. The zero-order valence-corrected chi connectivity index (χ0v) is 8.72. The summed E-state index contributed by atoms with van der Waals surface area (Å²) in [7, 11) is 1.84. The Morgan fingerprint density at radius 3 is 3.00 bits per heavy atom. The maximum atomic E-state index is 9.09. The lowest BCUT2D eigenvalue weighted by Gasteiger charge is -2.13. The number of likely N-dealkylation sites (N-methyl/N-ethyl adjacent to an activating group) is 1. The second kappa shape index (κ2) is 4.42. The van der Waals surface area contributed by atoms with E-state index >= 15 is 0 Å². The Balaban J connectivity index is 2.28. The molecule has 1 atom stereocenters. The van der Waals surface area contributed by atoms with E-state index in [9.17, 15) is 0 Å². The van der Waals surface area contributed by atoms with Crippen molar-refractivity contribution < 1.29 is 5.11 Å². The van der Waals surface area contributed by atoms with Crippen molar-refractivity contribution in [3.8, 4) is 0 Å². The first-order valence-electron chi connectivity index (χ1n) is 5.04. The highest BCUT2D eigenvalue weighted by molar-refractivity contribution is 5.78. The van der Waals surface area contributed by atoms with Gasteiger partial charge in [-0.15, -0.1) is 0 Å². The lowest BCUT2D eigenvalue weighted by Crippen LogP contribution is -2.33. The van der Waals surface area contributed by atoms with E-state index < -0.39 is 0 Å². The third kappa shape index (κ3) is 2.00. The molecule has 2 aromatic rings. The first-order valence-corrected chi connectivity index (χ1v) is 5.04. The maximum absolute atomic E-state index is 9.09. The molecule has 4 heteroatoms. The van der Waals surface area contributed by atoms with Crippen molar-refractivity contribution in [2.45, 2.75) is 12.6 Å². The van der Waals surface area contributed by atoms with Crippen molar-refractivity contribution in [3.05, 3.63) is 30.5 Å². The average molecular weight is 205 g/mol. The summed E-state index contributed by atoms with van der Waals surface area (Å²) in [5, 5.41) is 17.6. The molecule has 0 aliphatic heterocycles. The number of rotatable bonds is 4. The quantitative estimate of drug-likeness (QED) is 0.769. The molecule has 0 spiro atoms. The van der Waals surface area contributed by atoms with Crippen molar-refractivity contribution in [1.82, 2.24) is 15.1 Å². The molecular formula is C11H15N3O. The van der Waals surface area contributed by atoms with Gasteiger partial charge < -0.3 is 10.4 Å². The number of fused-ring (bicyclic) bond motifs is 1. The molecule has 0 radical (unpaired) electrons. The summed E-state index contributed by atoms with van der Waals surface area (Å²) in [5.74, 6) is 0. The lowest BCUT2D eigenvalue weighted by atomic mass is 10.2. The van der Waals surface area contributed by atoms with Gasteiger partial charge in [-0.3, -0.25) is 4.68 Å². The van der Waals surface area contributed by atoms with Crippen LogP contribution in [0, 0.1) is 0 Å². The maximum Gasteiger partial charge on any atom is 0.0683 e. The van der Waals surface area contributed by atoms with Crippen LogP contribution < -0.4 is 5.32 Å². The molecule has 1 aromatic heterocycles. The van der Waals surface area contributed by atoms with Gasteiger partial charge in [0.05, 0.1) is 24.9 Å². The fourth-order valence-corrected chi connectivity index (χ4v) is 1.62. The minimum atomic E-state index is 0.0494. The van der Waals surface area contributed by atoms with Crippen molar-refractivity contribution in [1.29, 1.82) is 0 Å². The van der Waals surface area contributed by atoms with Crippen LogP contribution in [-0.2, 0) is 6.54 Å². The van der Waals surface area contributed by atoms with Gasteiger partial charge in [0.25, 0.3) is 0 Å². The van der Waals surface area contributed by atoms with E-state index in [1.54, 1.807) is 0 Å². The van der Waals surface area contributed by atoms with Gasteiger partial charge in [0.2, 0.25) is 0 Å². The first-order chi connectivity index (χ1) is 7.35. The normalized spacial score (nSPS) is 13.2. The molecule has 15 heavy (non-hydrogen) atoms. The Morgan fingerprint density at radius 1 is 1.47 bits per heavy atom. The molecule has 0 fully saturated rings. The number of aromatic nitrogens is 2. The standard InChI is InChI=1S/C11H15N3O/c1-12-10(8-15)7-14-11-5-3-2-4-9(11)6-13-14/h2-6,10,12,15H,7-8H2,1H3. The highest BCUT2D eigenvalue weighted by Gasteiger charge is 2.08. The van der Waals surface area contributed by atoms with Crippen LogP contribution in [-0.4, -0.2) is 34.6 Å². The summed E-state index contributed by atoms with van der Waals surface area (Å²) in [4.78, 5) is 0. The van der Waals surface area contributed by atoms with Gasteiger partial charge in [0.15, 0.2) is 0 Å². The molecule has 1 unspecified atom stereocenters. The predicted molar refractivity (Wildman–Crippen MR) is 59.7 cm³/mol. The van der Waals surface area contributed by atoms with Crippen molar-refractivity contribution in [2.75, 3.05) is 13.7 Å². The number of aliphatic hydroxyl groups is 1. The first kappa shape index (κ1) is 10.1. The molecule has 0 saturated carbocycles. The van der Waals surface area contributed by atoms with Gasteiger partial charge in [-0.05, 0) is 13.1 Å². The highest BCUT2D eigenvalue weighted by Crippen LogP contribution is 2.12. The SMILES string of the molecule is CNC(CO)Cn1ncc2ccccc21. The summed E-state index contributed by atoms with van der Waals surface area (Å²) < 4.78 is 1.91. The number of hydrogen-bond acceptors (Lipinski definition) is 3. The number of benzene rings is 1. The molecule has 80 valence electrons. The topological polar surface area (TPSA) is 50.1 Å². The van der Waals surface area contributed by atoms with E-state index in [0.717, 1.165) is 10.9 Å². The Labute approximate surface area is 88.5 Å². The zero-order chi connectivity index (χ0) is 10.7. The van der Waals surface area contributed by atoms with E-state index in [0.29, 0.717) is 6.54 Å². The molecule has 0 aliphatic carbocycles. The Bertz CT molecular complexity index is 434. The molecule has 4 nitrogen and oxygen atoms in total. The van der Waals surface area contributed by atoms with Crippen LogP contribution in [0.4, 0.5) is 0 Å². The van der Waals surface area contributed by atoms with Gasteiger partial charge in [-0.25, -0.2) is 0 Å². The minimum Gasteiger partial charge on any atom is -0.395 e. The third-order valence-corrected chi connectivity index (χ3v) is 2.57. The Hall–Kier alpha value is -1.39. The Kier molecular flexibility index (Phi) is 2.99. The van der Waals surface area contributed by atoms with Gasteiger partial charge in [-0.2, -0.15) is 5.10 Å². The van der Waals surface area contributed by atoms with Crippen molar-refractivity contribution >= 4 is 10.9 Å². The number of hydrogen-bond donors (Lipinski definition) is 2. The van der Waals surface area contributed by atoms with Gasteiger partial charge >= 0.3 is 0 Å². The van der Waals surface area contributed by atoms with Crippen LogP contribution in [0.3, 0.4) is 0 Å². The minimum absolute atomic E-state index is 0.0494. The molecule has 0 aliphatic rings. The van der Waals surface area contributed by atoms with Gasteiger partial charge in [0, 0.05) is 11.4 Å². The number of nitrogens with zero attached hydrogens (tertiary/aromatic N) is 2. The highest BCUT2D eigenvalue weighted by atomic mass is 16.3. The molecule has 2 N–H and O–H groups in total. The van der Waals surface area contributed by atoms with E-state index in [1.807, 2.05) is 42.2 Å². The molecule has 1 aromatic carbocycles. The van der Waals surface area contributed by atoms with E-state index in [-0.39, 0.29) is 12.6 Å². The lowest BCUT2D eigenvalue weighted by molar-refractivity contribution is 0.233. The molecular weight excluding hydrogens is 190 g/mol. The van der Waals surface area contributed by atoms with Crippen molar-refractivity contribution in [3.63, 3.8) is 0 Å². The third-order valence-electron chi connectivity index (χ3n) is 2.57. The van der Waals surface area contributed by atoms with Crippen LogP contribution in [0.15, 0.2) is 30.5 Å². The van der Waals surface area contributed by atoms with Crippen LogP contribution in [0.25, 0.3) is 10.9 Å². The number of nitrogens with one attached hydrogen (secondary N) is 1. The number of aliphatic hydroxyl groups excluding tert-OH is 1. The van der Waals surface area contributed by atoms with Crippen LogP contribution in [0.1, 0.15) is 0 Å². The summed E-state index contributed by atoms with van der Waals surface area (Å²) in [6, 6.07) is 8.11. The predicted octanol–water partition coefficient (Wildman–Crippen LogP) is 0.617. The molecule has 2 rings (SSSR count). The molecule has 0 amide bonds. The largest absolute Gasteiger partial charge is 0.395 e. The summed E-state index contributed by atoms with van der Waals surface area (Å²) in [6.45, 7) is 0.797. The van der Waals surface area contributed by atoms with Crippen molar-refractivity contribution in [2.24, 2.45) is 0 Å².